The van der Waals surface area contributed by atoms with Crippen LogP contribution in [0.1, 0.15) is 11.7 Å². The Balaban J connectivity index is 1.70. The molecule has 1 heterocycles. The Morgan fingerprint density at radius 2 is 1.52 bits per heavy atom. The van der Waals surface area contributed by atoms with Crippen LogP contribution in [0, 0.1) is 0 Å². The number of nitrogens with zero attached hydrogens (tertiary/aromatic N) is 2. The van der Waals surface area contributed by atoms with E-state index in [4.69, 9.17) is 4.74 Å². The molecule has 0 aliphatic carbocycles. The van der Waals surface area contributed by atoms with Crippen LogP contribution in [0.4, 0.5) is 10.5 Å². The Labute approximate surface area is 181 Å². The number of methoxy groups -OCH3 is 1. The lowest BCUT2D eigenvalue weighted by molar-refractivity contribution is 0.188. The summed E-state index contributed by atoms with van der Waals surface area (Å²) in [6.45, 7) is 0.456. The van der Waals surface area contributed by atoms with Crippen LogP contribution in [-0.2, 0) is 10.0 Å². The Bertz CT molecular complexity index is 1140. The van der Waals surface area contributed by atoms with E-state index in [1.807, 2.05) is 18.2 Å². The Morgan fingerprint density at radius 1 is 0.903 bits per heavy atom. The summed E-state index contributed by atoms with van der Waals surface area (Å²) in [4.78, 5) is 14.8. The summed E-state index contributed by atoms with van der Waals surface area (Å²) in [6.07, 6.45) is -0.778. The predicted molar refractivity (Wildman–Crippen MR) is 118 cm³/mol. The third-order valence-electron chi connectivity index (χ3n) is 5.18. The van der Waals surface area contributed by atoms with Gasteiger partial charge in [0.25, 0.3) is 0 Å². The van der Waals surface area contributed by atoms with Crippen LogP contribution in [0.5, 0.6) is 5.75 Å². The maximum absolute atomic E-state index is 13.4. The van der Waals surface area contributed by atoms with Gasteiger partial charge in [0.05, 0.1) is 12.0 Å². The van der Waals surface area contributed by atoms with Gasteiger partial charge in [0.2, 0.25) is 10.0 Å². The van der Waals surface area contributed by atoms with Crippen LogP contribution < -0.4 is 10.1 Å². The molecule has 1 atom stereocenters. The number of benzene rings is 3. The molecule has 1 saturated heterocycles. The number of anilines is 1. The number of rotatable bonds is 5. The van der Waals surface area contributed by atoms with Gasteiger partial charge in [-0.05, 0) is 42.0 Å². The van der Waals surface area contributed by atoms with E-state index in [9.17, 15) is 13.2 Å². The number of amides is 2. The van der Waals surface area contributed by atoms with E-state index in [-0.39, 0.29) is 24.0 Å². The number of hydrogen-bond acceptors (Lipinski definition) is 4. The molecule has 31 heavy (non-hydrogen) atoms. The largest absolute Gasteiger partial charge is 0.497 e. The number of carbonyl (C=O) groups excluding carboxylic acids is 1. The Kier molecular flexibility index (Phi) is 5.92. The maximum Gasteiger partial charge on any atom is 0.323 e. The fourth-order valence-corrected chi connectivity index (χ4v) is 5.23. The highest BCUT2D eigenvalue weighted by Gasteiger charge is 2.43. The number of urea groups is 1. The molecule has 4 rings (SSSR count). The highest BCUT2D eigenvalue weighted by Crippen LogP contribution is 2.36. The van der Waals surface area contributed by atoms with Crippen LogP contribution in [-0.4, -0.2) is 43.9 Å². The summed E-state index contributed by atoms with van der Waals surface area (Å²) >= 11 is 0. The molecule has 8 heteroatoms. The zero-order valence-corrected chi connectivity index (χ0v) is 17.8. The highest BCUT2D eigenvalue weighted by atomic mass is 32.2. The molecule has 3 aromatic rings. The van der Waals surface area contributed by atoms with E-state index in [0.29, 0.717) is 17.0 Å². The van der Waals surface area contributed by atoms with Gasteiger partial charge in [-0.2, -0.15) is 4.31 Å². The topological polar surface area (TPSA) is 79.0 Å². The Morgan fingerprint density at radius 3 is 2.13 bits per heavy atom. The summed E-state index contributed by atoms with van der Waals surface area (Å²) in [5.74, 6) is 0.652. The second kappa shape index (κ2) is 8.79. The molecule has 1 fully saturated rings. The van der Waals surface area contributed by atoms with Crippen molar-refractivity contribution in [2.45, 2.75) is 11.1 Å². The minimum atomic E-state index is -3.81. The van der Waals surface area contributed by atoms with E-state index >= 15 is 0 Å². The van der Waals surface area contributed by atoms with Gasteiger partial charge in [-0.25, -0.2) is 13.2 Å². The average Bonchev–Trinajstić information content (AvgIpc) is 3.27. The van der Waals surface area contributed by atoms with Gasteiger partial charge >= 0.3 is 6.03 Å². The molecule has 0 radical (unpaired) electrons. The van der Waals surface area contributed by atoms with Crippen LogP contribution in [0.15, 0.2) is 89.8 Å². The van der Waals surface area contributed by atoms with Gasteiger partial charge in [-0.15, -0.1) is 0 Å². The second-order valence-electron chi connectivity index (χ2n) is 7.07. The maximum atomic E-state index is 13.4. The number of hydrogen-bond donors (Lipinski definition) is 1. The van der Waals surface area contributed by atoms with Crippen molar-refractivity contribution >= 4 is 21.7 Å². The fraction of sp³-hybridized carbons (Fsp3) is 0.174. The number of carbonyl (C=O) groups is 1. The zero-order valence-electron chi connectivity index (χ0n) is 17.0. The molecule has 0 aromatic heterocycles. The monoisotopic (exact) mass is 437 g/mol. The summed E-state index contributed by atoms with van der Waals surface area (Å²) in [5.41, 5.74) is 1.33. The van der Waals surface area contributed by atoms with Crippen molar-refractivity contribution in [2.24, 2.45) is 0 Å². The van der Waals surface area contributed by atoms with E-state index in [1.165, 1.54) is 9.21 Å². The third-order valence-corrected chi connectivity index (χ3v) is 7.05. The van der Waals surface area contributed by atoms with Crippen molar-refractivity contribution in [1.82, 2.24) is 9.21 Å². The first-order valence-electron chi connectivity index (χ1n) is 9.84. The van der Waals surface area contributed by atoms with Gasteiger partial charge in [0, 0.05) is 18.8 Å². The van der Waals surface area contributed by atoms with E-state index < -0.39 is 16.2 Å². The van der Waals surface area contributed by atoms with E-state index in [2.05, 4.69) is 5.32 Å². The molecule has 1 aliphatic rings. The van der Waals surface area contributed by atoms with Crippen LogP contribution in [0.25, 0.3) is 0 Å². The smallest absolute Gasteiger partial charge is 0.323 e. The lowest BCUT2D eigenvalue weighted by Crippen LogP contribution is -2.39. The highest BCUT2D eigenvalue weighted by molar-refractivity contribution is 7.89. The molecular formula is C23H23N3O4S. The normalized spacial score (nSPS) is 16.8. The van der Waals surface area contributed by atoms with Crippen molar-refractivity contribution in [1.29, 1.82) is 0 Å². The quantitative estimate of drug-likeness (QED) is 0.656. The van der Waals surface area contributed by atoms with E-state index in [1.54, 1.807) is 73.8 Å². The molecular weight excluding hydrogens is 414 g/mol. The molecule has 1 unspecified atom stereocenters. The molecule has 1 aliphatic heterocycles. The van der Waals surface area contributed by atoms with Crippen molar-refractivity contribution in [3.63, 3.8) is 0 Å². The first kappa shape index (κ1) is 20.9. The molecule has 0 bridgehead atoms. The standard InChI is InChI=1S/C23H23N3O4S/c1-30-20-14-12-18(13-15-20)22-25(23(27)24-19-8-4-2-5-9-19)16-17-26(22)31(28,29)21-10-6-3-7-11-21/h2-15,22H,16-17H2,1H3,(H,24,27). The average molecular weight is 438 g/mol. The SMILES string of the molecule is COc1ccc(C2N(C(=O)Nc3ccccc3)CCN2S(=O)(=O)c2ccccc2)cc1. The fourth-order valence-electron chi connectivity index (χ4n) is 3.64. The first-order chi connectivity index (χ1) is 15.0. The summed E-state index contributed by atoms with van der Waals surface area (Å²) in [6, 6.07) is 24.1. The molecule has 0 saturated carbocycles. The van der Waals surface area contributed by atoms with Crippen molar-refractivity contribution in [3.8, 4) is 5.75 Å². The van der Waals surface area contributed by atoms with Crippen LogP contribution in [0.2, 0.25) is 0 Å². The molecule has 3 aromatic carbocycles. The zero-order chi connectivity index (χ0) is 21.8. The Hall–Kier alpha value is -3.36. The minimum Gasteiger partial charge on any atom is -0.497 e. The number of para-hydroxylation sites is 1. The van der Waals surface area contributed by atoms with Crippen molar-refractivity contribution in [2.75, 3.05) is 25.5 Å². The van der Waals surface area contributed by atoms with E-state index in [0.717, 1.165) is 0 Å². The van der Waals surface area contributed by atoms with Crippen molar-refractivity contribution < 1.29 is 17.9 Å². The lowest BCUT2D eigenvalue weighted by atomic mass is 10.1. The molecule has 7 nitrogen and oxygen atoms in total. The molecule has 1 N–H and O–H groups in total. The summed E-state index contributed by atoms with van der Waals surface area (Å²) in [7, 11) is -2.24. The minimum absolute atomic E-state index is 0.191. The summed E-state index contributed by atoms with van der Waals surface area (Å²) < 4.78 is 33.4. The van der Waals surface area contributed by atoms with Gasteiger partial charge in [-0.1, -0.05) is 48.5 Å². The molecule has 2 amide bonds. The van der Waals surface area contributed by atoms with Gasteiger partial charge in [0.1, 0.15) is 11.9 Å². The number of nitrogens with one attached hydrogen (secondary N) is 1. The lowest BCUT2D eigenvalue weighted by Gasteiger charge is -2.30. The van der Waals surface area contributed by atoms with Gasteiger partial charge in [-0.3, -0.25) is 0 Å². The summed E-state index contributed by atoms with van der Waals surface area (Å²) in [5, 5.41) is 2.86. The number of sulfonamides is 1. The van der Waals surface area contributed by atoms with Gasteiger partial charge in [0.15, 0.2) is 0 Å². The molecule has 0 spiro atoms. The second-order valence-corrected chi connectivity index (χ2v) is 8.96. The van der Waals surface area contributed by atoms with Crippen molar-refractivity contribution in [3.05, 3.63) is 90.5 Å². The third kappa shape index (κ3) is 4.26. The first-order valence-corrected chi connectivity index (χ1v) is 11.3. The predicted octanol–water partition coefficient (Wildman–Crippen LogP) is 3.93. The van der Waals surface area contributed by atoms with Gasteiger partial charge < -0.3 is 15.0 Å². The number of ether oxygens (including phenoxy) is 1. The van der Waals surface area contributed by atoms with Crippen LogP contribution in [0.3, 0.4) is 0 Å². The molecule has 160 valence electrons. The van der Waals surface area contributed by atoms with Crippen LogP contribution >= 0.6 is 0 Å².